The van der Waals surface area contributed by atoms with Gasteiger partial charge in [-0.1, -0.05) is 31.9 Å². The molecule has 0 aliphatic carbocycles. The summed E-state index contributed by atoms with van der Waals surface area (Å²) in [6.45, 7) is 7.48. The summed E-state index contributed by atoms with van der Waals surface area (Å²) in [7, 11) is 0. The molecular formula is C17H25IN4O. The largest absolute Gasteiger partial charge is 0.357 e. The summed E-state index contributed by atoms with van der Waals surface area (Å²) < 4.78 is 0. The van der Waals surface area contributed by atoms with E-state index in [1.165, 1.54) is 0 Å². The number of aliphatic imine (C=N–C) groups is 1. The maximum atomic E-state index is 11.6. The van der Waals surface area contributed by atoms with Gasteiger partial charge < -0.3 is 16.0 Å². The Kier molecular flexibility index (Phi) is 10.9. The zero-order valence-electron chi connectivity index (χ0n) is 13.8. The first-order valence-electron chi connectivity index (χ1n) is 7.42. The van der Waals surface area contributed by atoms with E-state index in [0.29, 0.717) is 19.0 Å². The van der Waals surface area contributed by atoms with Crippen LogP contribution in [0.25, 0.3) is 0 Å². The minimum Gasteiger partial charge on any atom is -0.357 e. The number of terminal acetylenes is 1. The van der Waals surface area contributed by atoms with E-state index in [-0.39, 0.29) is 35.8 Å². The molecule has 0 unspecified atom stereocenters. The molecule has 0 heterocycles. The van der Waals surface area contributed by atoms with Gasteiger partial charge in [-0.05, 0) is 24.6 Å². The van der Waals surface area contributed by atoms with Crippen LogP contribution in [-0.4, -0.2) is 25.0 Å². The van der Waals surface area contributed by atoms with Crippen LogP contribution in [0.2, 0.25) is 0 Å². The first-order valence-corrected chi connectivity index (χ1v) is 7.42. The maximum Gasteiger partial charge on any atom is 0.226 e. The molecule has 5 nitrogen and oxygen atoms in total. The summed E-state index contributed by atoms with van der Waals surface area (Å²) in [6.07, 6.45) is 5.23. The Morgan fingerprint density at radius 2 is 1.91 bits per heavy atom. The van der Waals surface area contributed by atoms with Gasteiger partial charge >= 0.3 is 0 Å². The molecule has 0 radical (unpaired) electrons. The number of nitrogens with zero attached hydrogens (tertiary/aromatic N) is 1. The normalized spacial score (nSPS) is 10.5. The van der Waals surface area contributed by atoms with Crippen LogP contribution in [0.3, 0.4) is 0 Å². The van der Waals surface area contributed by atoms with E-state index in [0.717, 1.165) is 17.8 Å². The van der Waals surface area contributed by atoms with Crippen molar-refractivity contribution in [1.82, 2.24) is 10.6 Å². The number of anilines is 1. The van der Waals surface area contributed by atoms with Gasteiger partial charge in [0, 0.05) is 18.2 Å². The molecule has 0 bridgehead atoms. The third-order valence-corrected chi connectivity index (χ3v) is 2.87. The Labute approximate surface area is 155 Å². The fraction of sp³-hybridized carbons (Fsp3) is 0.412. The van der Waals surface area contributed by atoms with Gasteiger partial charge in [-0.25, -0.2) is 4.99 Å². The molecule has 23 heavy (non-hydrogen) atoms. The molecule has 0 atom stereocenters. The van der Waals surface area contributed by atoms with Crippen molar-refractivity contribution in [1.29, 1.82) is 0 Å². The monoisotopic (exact) mass is 428 g/mol. The summed E-state index contributed by atoms with van der Waals surface area (Å²) >= 11 is 0. The average Bonchev–Trinajstić information content (AvgIpc) is 2.51. The molecule has 0 aromatic heterocycles. The average molecular weight is 428 g/mol. The maximum absolute atomic E-state index is 11.6. The lowest BCUT2D eigenvalue weighted by atomic mass is 10.2. The van der Waals surface area contributed by atoms with Crippen molar-refractivity contribution in [2.75, 3.05) is 18.4 Å². The summed E-state index contributed by atoms with van der Waals surface area (Å²) in [5.74, 6) is 3.19. The highest BCUT2D eigenvalue weighted by molar-refractivity contribution is 14.0. The van der Waals surface area contributed by atoms with Crippen molar-refractivity contribution in [3.8, 4) is 12.3 Å². The fourth-order valence-electron chi connectivity index (χ4n) is 1.63. The number of rotatable bonds is 6. The highest BCUT2D eigenvalue weighted by Gasteiger charge is 2.06. The predicted octanol–water partition coefficient (Wildman–Crippen LogP) is 2.59. The minimum atomic E-state index is -0.0332. The van der Waals surface area contributed by atoms with Gasteiger partial charge in [0.2, 0.25) is 5.91 Å². The van der Waals surface area contributed by atoms with Crippen molar-refractivity contribution in [2.24, 2.45) is 10.9 Å². The van der Waals surface area contributed by atoms with Crippen LogP contribution >= 0.6 is 24.0 Å². The molecule has 3 N–H and O–H groups in total. The molecule has 0 saturated heterocycles. The van der Waals surface area contributed by atoms with Crippen molar-refractivity contribution >= 4 is 41.5 Å². The van der Waals surface area contributed by atoms with Gasteiger partial charge in [0.05, 0.1) is 13.1 Å². The van der Waals surface area contributed by atoms with Crippen LogP contribution in [0.1, 0.15) is 26.3 Å². The van der Waals surface area contributed by atoms with E-state index >= 15 is 0 Å². The number of halogens is 1. The first-order chi connectivity index (χ1) is 10.6. The van der Waals surface area contributed by atoms with E-state index < -0.39 is 0 Å². The molecule has 0 aliphatic rings. The Bertz CT molecular complexity index is 547. The Balaban J connectivity index is 0.00000484. The summed E-state index contributed by atoms with van der Waals surface area (Å²) in [4.78, 5) is 16.1. The van der Waals surface area contributed by atoms with Crippen LogP contribution in [0, 0.1) is 18.3 Å². The van der Waals surface area contributed by atoms with Gasteiger partial charge in [-0.15, -0.1) is 30.4 Å². The lowest BCUT2D eigenvalue weighted by Crippen LogP contribution is -2.37. The second-order valence-corrected chi connectivity index (χ2v) is 5.09. The highest BCUT2D eigenvalue weighted by atomic mass is 127. The van der Waals surface area contributed by atoms with E-state index in [1.54, 1.807) is 0 Å². The smallest absolute Gasteiger partial charge is 0.226 e. The quantitative estimate of drug-likeness (QED) is 0.283. The van der Waals surface area contributed by atoms with Crippen LogP contribution in [0.15, 0.2) is 29.3 Å². The van der Waals surface area contributed by atoms with Crippen molar-refractivity contribution in [2.45, 2.75) is 27.3 Å². The Hall–Kier alpha value is -1.75. The summed E-state index contributed by atoms with van der Waals surface area (Å²) in [5, 5.41) is 9.02. The second-order valence-electron chi connectivity index (χ2n) is 5.09. The SMILES string of the molecule is C#CCNC(=NCc1ccc(NC(=O)C(C)C)cc1)NCC.I. The van der Waals surface area contributed by atoms with Crippen LogP contribution in [0.5, 0.6) is 0 Å². The number of guanidine groups is 1. The number of nitrogens with one attached hydrogen (secondary N) is 3. The van der Waals surface area contributed by atoms with E-state index in [2.05, 4.69) is 26.9 Å². The second kappa shape index (κ2) is 11.8. The molecule has 1 rings (SSSR count). The molecule has 0 saturated carbocycles. The van der Waals surface area contributed by atoms with Crippen LogP contribution in [0.4, 0.5) is 5.69 Å². The number of hydrogen-bond acceptors (Lipinski definition) is 2. The number of benzene rings is 1. The number of amides is 1. The van der Waals surface area contributed by atoms with Gasteiger partial charge in [0.25, 0.3) is 0 Å². The summed E-state index contributed by atoms with van der Waals surface area (Å²) in [6, 6.07) is 7.66. The van der Waals surface area contributed by atoms with Crippen LogP contribution in [-0.2, 0) is 11.3 Å². The first kappa shape index (κ1) is 21.2. The standard InChI is InChI=1S/C17H24N4O.HI/c1-5-11-19-17(18-6-2)20-12-14-7-9-15(10-8-14)21-16(22)13(3)4;/h1,7-10,13H,6,11-12H2,2-4H3,(H,21,22)(H2,18,19,20);1H. The molecule has 126 valence electrons. The topological polar surface area (TPSA) is 65.5 Å². The highest BCUT2D eigenvalue weighted by Crippen LogP contribution is 2.11. The van der Waals surface area contributed by atoms with Gasteiger partial charge in [-0.2, -0.15) is 0 Å². The molecule has 0 aliphatic heterocycles. The lowest BCUT2D eigenvalue weighted by molar-refractivity contribution is -0.118. The fourth-order valence-corrected chi connectivity index (χ4v) is 1.63. The molecule has 1 aromatic carbocycles. The number of carbonyl (C=O) groups excluding carboxylic acids is 1. The van der Waals surface area contributed by atoms with Gasteiger partial charge in [0.1, 0.15) is 0 Å². The third-order valence-electron chi connectivity index (χ3n) is 2.87. The zero-order chi connectivity index (χ0) is 16.4. The number of hydrogen-bond donors (Lipinski definition) is 3. The van der Waals surface area contributed by atoms with E-state index in [1.807, 2.05) is 45.0 Å². The summed E-state index contributed by atoms with van der Waals surface area (Å²) in [5.41, 5.74) is 1.85. The molecule has 0 fully saturated rings. The Morgan fingerprint density at radius 1 is 1.26 bits per heavy atom. The zero-order valence-corrected chi connectivity index (χ0v) is 16.2. The van der Waals surface area contributed by atoms with Crippen LogP contribution < -0.4 is 16.0 Å². The Morgan fingerprint density at radius 3 is 2.43 bits per heavy atom. The van der Waals surface area contributed by atoms with Gasteiger partial charge in [0.15, 0.2) is 5.96 Å². The number of carbonyl (C=O) groups is 1. The van der Waals surface area contributed by atoms with Crippen molar-refractivity contribution in [3.63, 3.8) is 0 Å². The molecule has 1 aromatic rings. The third kappa shape index (κ3) is 8.45. The van der Waals surface area contributed by atoms with Gasteiger partial charge in [-0.3, -0.25) is 4.79 Å². The van der Waals surface area contributed by atoms with Crippen molar-refractivity contribution in [3.05, 3.63) is 29.8 Å². The molecule has 6 heteroatoms. The lowest BCUT2D eigenvalue weighted by Gasteiger charge is -2.10. The van der Waals surface area contributed by atoms with E-state index in [9.17, 15) is 4.79 Å². The molecule has 0 spiro atoms. The van der Waals surface area contributed by atoms with Crippen molar-refractivity contribution < 1.29 is 4.79 Å². The van der Waals surface area contributed by atoms with E-state index in [4.69, 9.17) is 6.42 Å². The predicted molar refractivity (Wildman–Crippen MR) is 107 cm³/mol. The minimum absolute atomic E-state index is 0. The molecular weight excluding hydrogens is 403 g/mol. The molecule has 1 amide bonds.